The Morgan fingerprint density at radius 1 is 1.14 bits per heavy atom. The van der Waals surface area contributed by atoms with Gasteiger partial charge >= 0.3 is 5.97 Å². The summed E-state index contributed by atoms with van der Waals surface area (Å²) in [4.78, 5) is 16.4. The predicted octanol–water partition coefficient (Wildman–Crippen LogP) is 2.19. The van der Waals surface area contributed by atoms with Crippen molar-refractivity contribution in [3.8, 4) is 17.0 Å². The van der Waals surface area contributed by atoms with Crippen molar-refractivity contribution in [3.05, 3.63) is 48.3 Å². The molecule has 0 saturated heterocycles. The van der Waals surface area contributed by atoms with E-state index >= 15 is 0 Å². The maximum absolute atomic E-state index is 11.9. The highest BCUT2D eigenvalue weighted by molar-refractivity contribution is 5.89. The van der Waals surface area contributed by atoms with Crippen LogP contribution in [0.4, 0.5) is 0 Å². The highest BCUT2D eigenvalue weighted by Gasteiger charge is 2.15. The fraction of sp³-hybridized carbons (Fsp3) is 0.133. The normalized spacial score (nSPS) is 10.6. The molecule has 106 valence electrons. The smallest absolute Gasteiger partial charge is 0.356 e. The van der Waals surface area contributed by atoms with Crippen LogP contribution in [0.5, 0.6) is 5.75 Å². The molecule has 0 bridgehead atoms. The van der Waals surface area contributed by atoms with E-state index in [2.05, 4.69) is 10.1 Å². The lowest BCUT2D eigenvalue weighted by Crippen LogP contribution is -2.10. The molecular formula is C15H13N3O3. The molecule has 0 atom stereocenters. The number of carbonyl (C=O) groups is 1. The quantitative estimate of drug-likeness (QED) is 0.689. The monoisotopic (exact) mass is 283 g/mol. The Hall–Kier alpha value is -2.89. The summed E-state index contributed by atoms with van der Waals surface area (Å²) in [5, 5.41) is 4.08. The van der Waals surface area contributed by atoms with Gasteiger partial charge in [0.25, 0.3) is 0 Å². The Morgan fingerprint density at radius 3 is 2.57 bits per heavy atom. The van der Waals surface area contributed by atoms with Gasteiger partial charge in [-0.3, -0.25) is 0 Å². The van der Waals surface area contributed by atoms with E-state index in [0.29, 0.717) is 17.0 Å². The number of methoxy groups -OCH3 is 2. The second kappa shape index (κ2) is 5.24. The van der Waals surface area contributed by atoms with Crippen molar-refractivity contribution in [2.24, 2.45) is 0 Å². The number of ether oxygens (including phenoxy) is 2. The molecule has 2 heterocycles. The average molecular weight is 283 g/mol. The van der Waals surface area contributed by atoms with Gasteiger partial charge in [0.1, 0.15) is 5.75 Å². The van der Waals surface area contributed by atoms with Crippen molar-refractivity contribution < 1.29 is 14.3 Å². The van der Waals surface area contributed by atoms with E-state index < -0.39 is 5.97 Å². The number of rotatable bonds is 3. The lowest BCUT2D eigenvalue weighted by molar-refractivity contribution is 0.0590. The summed E-state index contributed by atoms with van der Waals surface area (Å²) in [7, 11) is 2.95. The van der Waals surface area contributed by atoms with E-state index in [1.807, 2.05) is 24.3 Å². The van der Waals surface area contributed by atoms with Gasteiger partial charge in [0, 0.05) is 11.6 Å². The average Bonchev–Trinajstić information content (AvgIpc) is 3.01. The molecule has 3 aromatic rings. The minimum absolute atomic E-state index is 0.332. The van der Waals surface area contributed by atoms with Gasteiger partial charge in [-0.2, -0.15) is 5.10 Å². The Balaban J connectivity index is 2.15. The van der Waals surface area contributed by atoms with Crippen LogP contribution in [0.25, 0.3) is 16.9 Å². The summed E-state index contributed by atoms with van der Waals surface area (Å²) < 4.78 is 11.4. The van der Waals surface area contributed by atoms with Gasteiger partial charge in [-0.05, 0) is 30.3 Å². The molecular weight excluding hydrogens is 270 g/mol. The molecule has 0 N–H and O–H groups in total. The number of carbonyl (C=O) groups excluding carboxylic acids is 1. The fourth-order valence-corrected chi connectivity index (χ4v) is 2.07. The number of esters is 1. The van der Waals surface area contributed by atoms with Crippen molar-refractivity contribution in [1.82, 2.24) is 14.6 Å². The molecule has 0 saturated carbocycles. The molecule has 21 heavy (non-hydrogen) atoms. The second-order valence-electron chi connectivity index (χ2n) is 4.35. The van der Waals surface area contributed by atoms with Gasteiger partial charge in [0.2, 0.25) is 0 Å². The van der Waals surface area contributed by atoms with Gasteiger partial charge in [0.05, 0.1) is 26.1 Å². The van der Waals surface area contributed by atoms with Crippen LogP contribution in [-0.2, 0) is 4.74 Å². The van der Waals surface area contributed by atoms with Gasteiger partial charge in [-0.15, -0.1) is 0 Å². The van der Waals surface area contributed by atoms with E-state index in [0.717, 1.165) is 11.3 Å². The van der Waals surface area contributed by atoms with Crippen molar-refractivity contribution in [2.75, 3.05) is 14.2 Å². The molecule has 0 fully saturated rings. The van der Waals surface area contributed by atoms with Gasteiger partial charge in [-0.25, -0.2) is 14.3 Å². The number of aromatic nitrogens is 3. The number of nitrogens with zero attached hydrogens (tertiary/aromatic N) is 3. The van der Waals surface area contributed by atoms with Crippen molar-refractivity contribution >= 4 is 11.6 Å². The Labute approximate surface area is 120 Å². The molecule has 0 unspecified atom stereocenters. The molecule has 0 aliphatic heterocycles. The highest BCUT2D eigenvalue weighted by atomic mass is 16.5. The van der Waals surface area contributed by atoms with Crippen molar-refractivity contribution in [1.29, 1.82) is 0 Å². The number of fused-ring (bicyclic) bond motifs is 1. The zero-order chi connectivity index (χ0) is 14.8. The summed E-state index contributed by atoms with van der Waals surface area (Å²) in [6.45, 7) is 0. The van der Waals surface area contributed by atoms with Gasteiger partial charge in [-0.1, -0.05) is 0 Å². The number of hydrogen-bond acceptors (Lipinski definition) is 5. The van der Waals surface area contributed by atoms with Crippen molar-refractivity contribution in [3.63, 3.8) is 0 Å². The fourth-order valence-electron chi connectivity index (χ4n) is 2.07. The maximum atomic E-state index is 11.9. The lowest BCUT2D eigenvalue weighted by atomic mass is 10.1. The zero-order valence-corrected chi connectivity index (χ0v) is 11.6. The third-order valence-electron chi connectivity index (χ3n) is 3.14. The largest absolute Gasteiger partial charge is 0.497 e. The van der Waals surface area contributed by atoms with Crippen LogP contribution in [0, 0.1) is 0 Å². The Kier molecular flexibility index (Phi) is 3.27. The van der Waals surface area contributed by atoms with Gasteiger partial charge in [0.15, 0.2) is 11.3 Å². The molecule has 0 radical (unpaired) electrons. The third-order valence-corrected chi connectivity index (χ3v) is 3.14. The van der Waals surface area contributed by atoms with E-state index in [1.165, 1.54) is 11.6 Å². The standard InChI is InChI=1S/C15H13N3O3/c1-20-11-5-3-10(4-6-11)12-9-13(15(19)21-2)18-14(17-12)7-8-16-18/h3-9H,1-2H3. The van der Waals surface area contributed by atoms with Gasteiger partial charge < -0.3 is 9.47 Å². The second-order valence-corrected chi connectivity index (χ2v) is 4.35. The molecule has 0 spiro atoms. The maximum Gasteiger partial charge on any atom is 0.356 e. The summed E-state index contributed by atoms with van der Waals surface area (Å²) in [5.41, 5.74) is 2.47. The molecule has 0 amide bonds. The van der Waals surface area contributed by atoms with Crippen LogP contribution in [0.3, 0.4) is 0 Å². The summed E-state index contributed by atoms with van der Waals surface area (Å²) in [6, 6.07) is 10.8. The topological polar surface area (TPSA) is 65.7 Å². The molecule has 1 aromatic carbocycles. The highest BCUT2D eigenvalue weighted by Crippen LogP contribution is 2.22. The van der Waals surface area contributed by atoms with E-state index in [-0.39, 0.29) is 0 Å². The molecule has 2 aromatic heterocycles. The zero-order valence-electron chi connectivity index (χ0n) is 11.6. The first-order valence-electron chi connectivity index (χ1n) is 6.30. The summed E-state index contributed by atoms with van der Waals surface area (Å²) in [5.74, 6) is 0.304. The summed E-state index contributed by atoms with van der Waals surface area (Å²) in [6.07, 6.45) is 1.59. The first kappa shape index (κ1) is 13.1. The third kappa shape index (κ3) is 2.31. The first-order valence-corrected chi connectivity index (χ1v) is 6.30. The van der Waals surface area contributed by atoms with Crippen LogP contribution >= 0.6 is 0 Å². The van der Waals surface area contributed by atoms with E-state index in [9.17, 15) is 4.79 Å². The number of hydrogen-bond donors (Lipinski definition) is 0. The molecule has 3 rings (SSSR count). The predicted molar refractivity (Wildman–Crippen MR) is 76.3 cm³/mol. The van der Waals surface area contributed by atoms with Crippen LogP contribution in [0.15, 0.2) is 42.6 Å². The molecule has 0 aliphatic carbocycles. The molecule has 6 nitrogen and oxygen atoms in total. The first-order chi connectivity index (χ1) is 10.2. The minimum Gasteiger partial charge on any atom is -0.497 e. The van der Waals surface area contributed by atoms with Crippen molar-refractivity contribution in [2.45, 2.75) is 0 Å². The Bertz CT molecular complexity index is 794. The minimum atomic E-state index is -0.458. The number of benzene rings is 1. The van der Waals surface area contributed by atoms with Crippen LogP contribution in [0.2, 0.25) is 0 Å². The lowest BCUT2D eigenvalue weighted by Gasteiger charge is -2.07. The molecule has 6 heteroatoms. The van der Waals surface area contributed by atoms with E-state index in [1.54, 1.807) is 25.4 Å². The van der Waals surface area contributed by atoms with Crippen LogP contribution < -0.4 is 4.74 Å². The Morgan fingerprint density at radius 2 is 1.90 bits per heavy atom. The SMILES string of the molecule is COC(=O)c1cc(-c2ccc(OC)cc2)nc2ccnn12. The molecule has 0 aliphatic rings. The van der Waals surface area contributed by atoms with Crippen LogP contribution in [-0.4, -0.2) is 34.8 Å². The summed E-state index contributed by atoms with van der Waals surface area (Å²) >= 11 is 0. The van der Waals surface area contributed by atoms with Crippen LogP contribution in [0.1, 0.15) is 10.5 Å². The van der Waals surface area contributed by atoms with E-state index in [4.69, 9.17) is 9.47 Å².